The first-order valence-electron chi connectivity index (χ1n) is 7.97. The van der Waals surface area contributed by atoms with Crippen LogP contribution in [0, 0.1) is 11.7 Å². The van der Waals surface area contributed by atoms with Gasteiger partial charge in [0, 0.05) is 23.9 Å². The number of methoxy groups -OCH3 is 1. The van der Waals surface area contributed by atoms with Crippen molar-refractivity contribution in [2.24, 2.45) is 5.92 Å². The number of anilines is 1. The van der Waals surface area contributed by atoms with Crippen molar-refractivity contribution in [1.82, 2.24) is 5.32 Å². The van der Waals surface area contributed by atoms with E-state index in [0.717, 1.165) is 12.1 Å². The van der Waals surface area contributed by atoms with Crippen molar-refractivity contribution in [1.29, 1.82) is 0 Å². The van der Waals surface area contributed by atoms with E-state index in [1.807, 2.05) is 13.8 Å². The lowest BCUT2D eigenvalue weighted by Gasteiger charge is -2.11. The van der Waals surface area contributed by atoms with Gasteiger partial charge in [-0.1, -0.05) is 13.8 Å². The van der Waals surface area contributed by atoms with Crippen molar-refractivity contribution >= 4 is 21.6 Å². The Bertz CT molecular complexity index is 881. The average Bonchev–Trinajstić information content (AvgIpc) is 2.59. The number of hydrogen-bond acceptors (Lipinski definition) is 4. The quantitative estimate of drug-likeness (QED) is 0.773. The molecule has 0 saturated carbocycles. The normalized spacial score (nSPS) is 11.3. The monoisotopic (exact) mass is 380 g/mol. The van der Waals surface area contributed by atoms with Crippen molar-refractivity contribution in [2.45, 2.75) is 18.7 Å². The Morgan fingerprint density at radius 3 is 2.35 bits per heavy atom. The molecule has 6 nitrogen and oxygen atoms in total. The van der Waals surface area contributed by atoms with Gasteiger partial charge in [-0.2, -0.15) is 0 Å². The molecule has 26 heavy (non-hydrogen) atoms. The summed E-state index contributed by atoms with van der Waals surface area (Å²) in [7, 11) is -2.74. The first-order valence-corrected chi connectivity index (χ1v) is 9.46. The second kappa shape index (κ2) is 8.18. The molecule has 2 aromatic rings. The molecule has 2 N–H and O–H groups in total. The predicted octanol–water partition coefficient (Wildman–Crippen LogP) is 3.02. The third-order valence-electron chi connectivity index (χ3n) is 3.50. The molecule has 1 amide bonds. The lowest BCUT2D eigenvalue weighted by Crippen LogP contribution is -2.27. The van der Waals surface area contributed by atoms with Crippen molar-refractivity contribution < 1.29 is 22.3 Å². The van der Waals surface area contributed by atoms with Crippen molar-refractivity contribution in [2.75, 3.05) is 18.4 Å². The minimum absolute atomic E-state index is 0.221. The van der Waals surface area contributed by atoms with E-state index in [9.17, 15) is 17.6 Å². The van der Waals surface area contributed by atoms with E-state index in [1.54, 1.807) is 0 Å². The molecular formula is C18H21FN2O4S. The maximum atomic E-state index is 14.0. The van der Waals surface area contributed by atoms with E-state index in [2.05, 4.69) is 10.0 Å². The molecular weight excluding hydrogens is 359 g/mol. The van der Waals surface area contributed by atoms with Crippen LogP contribution in [0.2, 0.25) is 0 Å². The highest BCUT2D eigenvalue weighted by Crippen LogP contribution is 2.23. The van der Waals surface area contributed by atoms with Crippen molar-refractivity contribution in [3.63, 3.8) is 0 Å². The van der Waals surface area contributed by atoms with Crippen LogP contribution in [0.25, 0.3) is 0 Å². The number of hydrogen-bond donors (Lipinski definition) is 2. The summed E-state index contributed by atoms with van der Waals surface area (Å²) in [5, 5.41) is 2.77. The summed E-state index contributed by atoms with van der Waals surface area (Å²) in [5.41, 5.74) is 0.629. The van der Waals surface area contributed by atoms with Crippen LogP contribution >= 0.6 is 0 Å². The van der Waals surface area contributed by atoms with Gasteiger partial charge >= 0.3 is 0 Å². The van der Waals surface area contributed by atoms with Gasteiger partial charge in [-0.25, -0.2) is 12.8 Å². The van der Waals surface area contributed by atoms with Crippen LogP contribution in [0.3, 0.4) is 0 Å². The average molecular weight is 380 g/mol. The highest BCUT2D eigenvalue weighted by molar-refractivity contribution is 7.92. The second-order valence-electron chi connectivity index (χ2n) is 6.08. The van der Waals surface area contributed by atoms with Gasteiger partial charge in [-0.05, 0) is 42.3 Å². The van der Waals surface area contributed by atoms with Crippen LogP contribution in [-0.4, -0.2) is 28.0 Å². The summed E-state index contributed by atoms with van der Waals surface area (Å²) in [6, 6.07) is 9.38. The topological polar surface area (TPSA) is 84.5 Å². The van der Waals surface area contributed by atoms with Crippen molar-refractivity contribution in [3.05, 3.63) is 53.8 Å². The number of carbonyl (C=O) groups is 1. The minimum atomic E-state index is -4.10. The van der Waals surface area contributed by atoms with E-state index in [0.29, 0.717) is 18.0 Å². The van der Waals surface area contributed by atoms with Gasteiger partial charge in [0.25, 0.3) is 15.9 Å². The van der Waals surface area contributed by atoms with Crippen LogP contribution in [0.1, 0.15) is 24.2 Å². The molecule has 0 radical (unpaired) electrons. The highest BCUT2D eigenvalue weighted by Gasteiger charge is 2.20. The standard InChI is InChI=1S/C18H21FN2O4S/c1-12(2)11-20-18(22)13-4-6-14(7-5-13)21-26(23,24)17-9-8-15(25-3)10-16(17)19/h4-10,12,21H,11H2,1-3H3,(H,20,22). The largest absolute Gasteiger partial charge is 0.497 e. The Morgan fingerprint density at radius 1 is 1.15 bits per heavy atom. The number of sulfonamides is 1. The Balaban J connectivity index is 2.14. The number of halogens is 1. The van der Waals surface area contributed by atoms with Gasteiger partial charge in [-0.3, -0.25) is 9.52 Å². The Kier molecular flexibility index (Phi) is 6.20. The molecule has 0 aliphatic carbocycles. The molecule has 0 aromatic heterocycles. The first kappa shape index (κ1) is 19.7. The molecule has 0 unspecified atom stereocenters. The number of benzene rings is 2. The molecule has 8 heteroatoms. The molecule has 0 saturated heterocycles. The summed E-state index contributed by atoms with van der Waals surface area (Å²) in [4.78, 5) is 11.5. The van der Waals surface area contributed by atoms with E-state index < -0.39 is 20.7 Å². The third kappa shape index (κ3) is 4.95. The van der Waals surface area contributed by atoms with Crippen LogP contribution in [0.5, 0.6) is 5.75 Å². The fourth-order valence-corrected chi connectivity index (χ4v) is 3.24. The van der Waals surface area contributed by atoms with E-state index in [1.165, 1.54) is 37.4 Å². The fraction of sp³-hybridized carbons (Fsp3) is 0.278. The summed E-state index contributed by atoms with van der Waals surface area (Å²) in [5.74, 6) is -0.613. The zero-order valence-corrected chi connectivity index (χ0v) is 15.6. The van der Waals surface area contributed by atoms with E-state index in [4.69, 9.17) is 4.74 Å². The molecule has 0 aliphatic heterocycles. The van der Waals surface area contributed by atoms with Gasteiger partial charge in [0.15, 0.2) is 0 Å². The first-order chi connectivity index (χ1) is 12.2. The SMILES string of the molecule is COc1ccc(S(=O)(=O)Nc2ccc(C(=O)NCC(C)C)cc2)c(F)c1. The Labute approximate surface area is 152 Å². The van der Waals surface area contributed by atoms with Crippen LogP contribution < -0.4 is 14.8 Å². The van der Waals surface area contributed by atoms with Gasteiger partial charge in [0.05, 0.1) is 7.11 Å². The number of amides is 1. The Morgan fingerprint density at radius 2 is 1.81 bits per heavy atom. The highest BCUT2D eigenvalue weighted by atomic mass is 32.2. The zero-order valence-electron chi connectivity index (χ0n) is 14.7. The van der Waals surface area contributed by atoms with Gasteiger partial charge in [0.2, 0.25) is 0 Å². The number of nitrogens with one attached hydrogen (secondary N) is 2. The fourth-order valence-electron chi connectivity index (χ4n) is 2.13. The molecule has 0 heterocycles. The number of ether oxygens (including phenoxy) is 1. The molecule has 140 valence electrons. The molecule has 0 atom stereocenters. The minimum Gasteiger partial charge on any atom is -0.497 e. The molecule has 2 aromatic carbocycles. The van der Waals surface area contributed by atoms with E-state index in [-0.39, 0.29) is 17.3 Å². The number of carbonyl (C=O) groups excluding carboxylic acids is 1. The maximum absolute atomic E-state index is 14.0. The molecule has 0 aliphatic rings. The summed E-state index contributed by atoms with van der Waals surface area (Å²) in [6.07, 6.45) is 0. The summed E-state index contributed by atoms with van der Waals surface area (Å²) in [6.45, 7) is 4.51. The third-order valence-corrected chi connectivity index (χ3v) is 4.91. The summed E-state index contributed by atoms with van der Waals surface area (Å²) >= 11 is 0. The molecule has 2 rings (SSSR count). The molecule has 0 spiro atoms. The van der Waals surface area contributed by atoms with Crippen LogP contribution in [0.4, 0.5) is 10.1 Å². The van der Waals surface area contributed by atoms with Crippen LogP contribution in [0.15, 0.2) is 47.4 Å². The molecule has 0 fully saturated rings. The number of rotatable bonds is 7. The van der Waals surface area contributed by atoms with Crippen LogP contribution in [-0.2, 0) is 10.0 Å². The lowest BCUT2D eigenvalue weighted by molar-refractivity contribution is 0.0949. The maximum Gasteiger partial charge on any atom is 0.264 e. The van der Waals surface area contributed by atoms with Gasteiger partial charge in [0.1, 0.15) is 16.5 Å². The summed E-state index contributed by atoms with van der Waals surface area (Å²) < 4.78 is 45.8. The molecule has 0 bridgehead atoms. The predicted molar refractivity (Wildman–Crippen MR) is 97.4 cm³/mol. The Hall–Kier alpha value is -2.61. The van der Waals surface area contributed by atoms with Gasteiger partial charge in [-0.15, -0.1) is 0 Å². The smallest absolute Gasteiger partial charge is 0.264 e. The van der Waals surface area contributed by atoms with Crippen molar-refractivity contribution in [3.8, 4) is 5.75 Å². The lowest BCUT2D eigenvalue weighted by atomic mass is 10.2. The zero-order chi connectivity index (χ0) is 19.3. The van der Waals surface area contributed by atoms with Gasteiger partial charge < -0.3 is 10.1 Å². The van der Waals surface area contributed by atoms with E-state index >= 15 is 0 Å². The second-order valence-corrected chi connectivity index (χ2v) is 7.73.